The van der Waals surface area contributed by atoms with Gasteiger partial charge in [-0.3, -0.25) is 14.5 Å². The first-order valence-corrected chi connectivity index (χ1v) is 16.1. The number of ether oxygens (including phenoxy) is 1. The van der Waals surface area contributed by atoms with Crippen LogP contribution in [0.1, 0.15) is 38.4 Å². The fraction of sp³-hybridized carbons (Fsp3) is 0.333. The predicted octanol–water partition coefficient (Wildman–Crippen LogP) is 3.83. The smallest absolute Gasteiger partial charge is 0.256 e. The van der Waals surface area contributed by atoms with E-state index in [1.165, 1.54) is 12.1 Å². The molecule has 0 bridgehead atoms. The maximum Gasteiger partial charge on any atom is 0.256 e. The van der Waals surface area contributed by atoms with Crippen LogP contribution >= 0.6 is 23.2 Å². The number of aromatic amines is 1. The van der Waals surface area contributed by atoms with Crippen LogP contribution in [-0.2, 0) is 25.1 Å². The number of H-pyrrole nitrogens is 1. The number of sulfone groups is 1. The molecular weight excluding hydrogens is 615 g/mol. The molecule has 1 saturated heterocycles. The van der Waals surface area contributed by atoms with Crippen molar-refractivity contribution in [2.45, 2.75) is 30.6 Å². The van der Waals surface area contributed by atoms with E-state index in [2.05, 4.69) is 20.5 Å². The van der Waals surface area contributed by atoms with E-state index in [0.717, 1.165) is 13.1 Å². The van der Waals surface area contributed by atoms with Crippen molar-refractivity contribution in [1.29, 1.82) is 0 Å². The maximum atomic E-state index is 13.3. The van der Waals surface area contributed by atoms with Gasteiger partial charge >= 0.3 is 0 Å². The molecule has 0 aliphatic carbocycles. The molecule has 10 nitrogen and oxygen atoms in total. The highest BCUT2D eigenvalue weighted by atomic mass is 35.5. The number of fused-ring (bicyclic) bond motifs is 1. The minimum Gasteiger partial charge on any atom is -0.390 e. The summed E-state index contributed by atoms with van der Waals surface area (Å²) in [5, 5.41) is 16.5. The number of aliphatic hydroxyl groups excluding tert-OH is 1. The Balaban J connectivity index is 1.36. The molecule has 3 heterocycles. The zero-order valence-corrected chi connectivity index (χ0v) is 26.0. The van der Waals surface area contributed by atoms with E-state index in [-0.39, 0.29) is 33.0 Å². The van der Waals surface area contributed by atoms with Crippen molar-refractivity contribution in [3.63, 3.8) is 0 Å². The fourth-order valence-corrected chi connectivity index (χ4v) is 7.42. The number of anilines is 1. The monoisotopic (exact) mass is 646 g/mol. The summed E-state index contributed by atoms with van der Waals surface area (Å²) < 4.78 is 32.0. The number of nitrogens with zero attached hydrogens (tertiary/aromatic N) is 1. The number of hydrogen-bond donors (Lipinski definition) is 4. The van der Waals surface area contributed by atoms with Gasteiger partial charge < -0.3 is 25.5 Å². The van der Waals surface area contributed by atoms with Gasteiger partial charge in [-0.05, 0) is 55.8 Å². The summed E-state index contributed by atoms with van der Waals surface area (Å²) >= 11 is 12.4. The summed E-state index contributed by atoms with van der Waals surface area (Å²) in [6, 6.07) is 9.22. The molecule has 1 aromatic heterocycles. The Bertz CT molecular complexity index is 1690. The Morgan fingerprint density at radius 2 is 1.86 bits per heavy atom. The van der Waals surface area contributed by atoms with Crippen LogP contribution in [-0.4, -0.2) is 80.7 Å². The van der Waals surface area contributed by atoms with E-state index in [9.17, 15) is 23.1 Å². The van der Waals surface area contributed by atoms with Crippen molar-refractivity contribution in [3.05, 3.63) is 80.1 Å². The Morgan fingerprint density at radius 1 is 1.16 bits per heavy atom. The summed E-state index contributed by atoms with van der Waals surface area (Å²) in [6.45, 7) is 6.75. The van der Waals surface area contributed by atoms with Crippen molar-refractivity contribution in [2.24, 2.45) is 0 Å². The van der Waals surface area contributed by atoms with Crippen molar-refractivity contribution >= 4 is 62.2 Å². The molecule has 1 unspecified atom stereocenters. The fourth-order valence-electron chi connectivity index (χ4n) is 5.30. The third kappa shape index (κ3) is 6.82. The number of nitrogens with one attached hydrogen (secondary N) is 3. The highest BCUT2D eigenvalue weighted by Crippen LogP contribution is 2.37. The minimum absolute atomic E-state index is 0.0136. The summed E-state index contributed by atoms with van der Waals surface area (Å²) in [5.74, 6) is -1.15. The molecule has 1 fully saturated rings. The molecule has 13 heteroatoms. The molecular formula is C30H32Cl2N4O6S. The standard InChI is InChI=1S/C30H32Cl2N4O6S/c1-17-27(34-18(2)28(17)30(39)33-14-19(37)15-36-8-10-42-11-9-36)13-22-21-12-20(6-7-26(21)35-29(22)38)43(40,41)16-23-24(31)4-3-5-25(23)32/h3-7,12-13,19,34,37H,8-11,14-16H2,1-2H3,(H,33,39)(H,35,38)/b22-13-. The molecule has 2 aliphatic rings. The van der Waals surface area contributed by atoms with Crippen LogP contribution in [0.4, 0.5) is 5.69 Å². The molecule has 228 valence electrons. The van der Waals surface area contributed by atoms with Gasteiger partial charge in [-0.2, -0.15) is 0 Å². The zero-order valence-electron chi connectivity index (χ0n) is 23.7. The lowest BCUT2D eigenvalue weighted by Gasteiger charge is -2.28. The number of benzene rings is 2. The average Bonchev–Trinajstić information content (AvgIpc) is 3.43. The molecule has 0 radical (unpaired) electrons. The topological polar surface area (TPSA) is 141 Å². The van der Waals surface area contributed by atoms with Gasteiger partial charge in [-0.25, -0.2) is 8.42 Å². The van der Waals surface area contributed by atoms with Gasteiger partial charge in [0.2, 0.25) is 0 Å². The Hall–Kier alpha value is -3.19. The normalized spacial score (nSPS) is 17.1. The third-order valence-electron chi connectivity index (χ3n) is 7.59. The van der Waals surface area contributed by atoms with Gasteiger partial charge in [0.1, 0.15) is 0 Å². The Labute approximate surface area is 259 Å². The van der Waals surface area contributed by atoms with Gasteiger partial charge in [0.15, 0.2) is 9.84 Å². The second kappa shape index (κ2) is 12.8. The van der Waals surface area contributed by atoms with Crippen LogP contribution in [0.25, 0.3) is 11.6 Å². The number of hydrogen-bond acceptors (Lipinski definition) is 7. The molecule has 1 atom stereocenters. The second-order valence-electron chi connectivity index (χ2n) is 10.6. The average molecular weight is 648 g/mol. The number of halogens is 2. The number of aromatic nitrogens is 1. The van der Waals surface area contributed by atoms with E-state index < -0.39 is 27.6 Å². The lowest BCUT2D eigenvalue weighted by Crippen LogP contribution is -2.44. The van der Waals surface area contributed by atoms with Crippen LogP contribution in [0.5, 0.6) is 0 Å². The van der Waals surface area contributed by atoms with Gasteiger partial charge in [0, 0.05) is 64.4 Å². The van der Waals surface area contributed by atoms with E-state index >= 15 is 0 Å². The van der Waals surface area contributed by atoms with Crippen molar-refractivity contribution < 1.29 is 27.9 Å². The van der Waals surface area contributed by atoms with Crippen LogP contribution in [0.15, 0.2) is 41.3 Å². The van der Waals surface area contributed by atoms with Crippen LogP contribution < -0.4 is 10.6 Å². The first-order valence-electron chi connectivity index (χ1n) is 13.7. The quantitative estimate of drug-likeness (QED) is 0.259. The number of aliphatic hydroxyl groups is 1. The minimum atomic E-state index is -3.86. The number of β-amino-alcohol motifs (C(OH)–C–C–N with tert-alkyl or cyclic N) is 1. The first kappa shape index (κ1) is 31.2. The lowest BCUT2D eigenvalue weighted by atomic mass is 10.0. The molecule has 2 aromatic carbocycles. The molecule has 2 aliphatic heterocycles. The predicted molar refractivity (Wildman–Crippen MR) is 166 cm³/mol. The number of aryl methyl sites for hydroxylation is 1. The largest absolute Gasteiger partial charge is 0.390 e. The molecule has 2 amide bonds. The molecule has 0 spiro atoms. The highest BCUT2D eigenvalue weighted by molar-refractivity contribution is 7.90. The van der Waals surface area contributed by atoms with Gasteiger partial charge in [-0.15, -0.1) is 0 Å². The molecule has 43 heavy (non-hydrogen) atoms. The maximum absolute atomic E-state index is 13.3. The summed E-state index contributed by atoms with van der Waals surface area (Å²) in [4.78, 5) is 31.3. The highest BCUT2D eigenvalue weighted by Gasteiger charge is 2.29. The molecule has 4 N–H and O–H groups in total. The second-order valence-corrected chi connectivity index (χ2v) is 13.4. The van der Waals surface area contributed by atoms with E-state index in [0.29, 0.717) is 59.1 Å². The summed E-state index contributed by atoms with van der Waals surface area (Å²) in [6.07, 6.45) is 0.871. The lowest BCUT2D eigenvalue weighted by molar-refractivity contribution is -0.110. The third-order valence-corrected chi connectivity index (χ3v) is 9.94. The van der Waals surface area contributed by atoms with Crippen molar-refractivity contribution in [2.75, 3.05) is 44.7 Å². The number of amides is 2. The Morgan fingerprint density at radius 3 is 2.56 bits per heavy atom. The van der Waals surface area contributed by atoms with Crippen molar-refractivity contribution in [3.8, 4) is 0 Å². The van der Waals surface area contributed by atoms with Gasteiger partial charge in [0.25, 0.3) is 11.8 Å². The SMILES string of the molecule is Cc1[nH]c(/C=C2\C(=O)Nc3ccc(S(=O)(=O)Cc4c(Cl)cccc4Cl)cc32)c(C)c1C(=O)NCC(O)CN1CCOCC1. The van der Waals surface area contributed by atoms with Crippen LogP contribution in [0.2, 0.25) is 10.0 Å². The molecule has 3 aromatic rings. The van der Waals surface area contributed by atoms with Gasteiger partial charge in [-0.1, -0.05) is 29.3 Å². The number of carbonyl (C=O) groups is 2. The molecule has 5 rings (SSSR count). The van der Waals surface area contributed by atoms with E-state index in [4.69, 9.17) is 27.9 Å². The number of rotatable bonds is 9. The Kier molecular flexibility index (Phi) is 9.31. The zero-order chi connectivity index (χ0) is 30.9. The number of carbonyl (C=O) groups excluding carboxylic acids is 2. The summed E-state index contributed by atoms with van der Waals surface area (Å²) in [5.41, 5.74) is 3.59. The van der Waals surface area contributed by atoms with Crippen molar-refractivity contribution in [1.82, 2.24) is 15.2 Å². The van der Waals surface area contributed by atoms with Crippen LogP contribution in [0.3, 0.4) is 0 Å². The first-order chi connectivity index (χ1) is 20.4. The van der Waals surface area contributed by atoms with Crippen LogP contribution in [0, 0.1) is 13.8 Å². The molecule has 0 saturated carbocycles. The van der Waals surface area contributed by atoms with Gasteiger partial charge in [0.05, 0.1) is 41.1 Å². The van der Waals surface area contributed by atoms with E-state index in [1.807, 2.05) is 0 Å². The van der Waals surface area contributed by atoms with E-state index in [1.54, 1.807) is 44.2 Å². The summed E-state index contributed by atoms with van der Waals surface area (Å²) in [7, 11) is -3.86. The number of morpholine rings is 1.